The highest BCUT2D eigenvalue weighted by atomic mass is 15.1. The van der Waals surface area contributed by atoms with Crippen molar-refractivity contribution in [1.29, 1.82) is 0 Å². The molecule has 0 fully saturated rings. The van der Waals surface area contributed by atoms with Crippen molar-refractivity contribution in [2.75, 3.05) is 10.2 Å². The van der Waals surface area contributed by atoms with Crippen LogP contribution < -0.4 is 10.2 Å². The fourth-order valence-electron chi connectivity index (χ4n) is 4.19. The zero-order valence-electron chi connectivity index (χ0n) is 20.5. The minimum Gasteiger partial charge on any atom is -0.356 e. The van der Waals surface area contributed by atoms with Gasteiger partial charge in [-0.2, -0.15) is 0 Å². The lowest BCUT2D eigenvalue weighted by Crippen LogP contribution is -2.09. The number of rotatable bonds is 6. The Morgan fingerprint density at radius 1 is 0.371 bits per heavy atom. The van der Waals surface area contributed by atoms with Gasteiger partial charge in [0.2, 0.25) is 0 Å². The Labute approximate surface area is 208 Å². The molecule has 5 rings (SSSR count). The smallest absolute Gasteiger partial charge is 0.0462 e. The van der Waals surface area contributed by atoms with Crippen LogP contribution in [0.4, 0.5) is 28.4 Å². The summed E-state index contributed by atoms with van der Waals surface area (Å²) in [6.45, 7) is 6.34. The first-order valence-electron chi connectivity index (χ1n) is 12.0. The molecule has 5 aromatic rings. The van der Waals surface area contributed by atoms with Gasteiger partial charge in [0.25, 0.3) is 0 Å². The first-order valence-corrected chi connectivity index (χ1v) is 12.0. The van der Waals surface area contributed by atoms with Gasteiger partial charge in [0.15, 0.2) is 0 Å². The molecule has 0 saturated heterocycles. The summed E-state index contributed by atoms with van der Waals surface area (Å²) in [4.78, 5) is 2.30. The molecule has 0 heterocycles. The Balaban J connectivity index is 1.40. The van der Waals surface area contributed by atoms with Crippen LogP contribution in [0.3, 0.4) is 0 Å². The second-order valence-electron chi connectivity index (χ2n) is 9.12. The van der Waals surface area contributed by atoms with E-state index >= 15 is 0 Å². The number of anilines is 5. The van der Waals surface area contributed by atoms with Gasteiger partial charge in [0, 0.05) is 28.4 Å². The monoisotopic (exact) mass is 454 g/mol. The van der Waals surface area contributed by atoms with Crippen LogP contribution in [-0.4, -0.2) is 0 Å². The molecule has 0 aliphatic rings. The zero-order valence-corrected chi connectivity index (χ0v) is 20.5. The van der Waals surface area contributed by atoms with Gasteiger partial charge in [0.1, 0.15) is 0 Å². The molecule has 1 N–H and O–H groups in total. The van der Waals surface area contributed by atoms with E-state index in [-0.39, 0.29) is 0 Å². The molecule has 0 unspecified atom stereocenters. The highest BCUT2D eigenvalue weighted by Crippen LogP contribution is 2.36. The summed E-state index contributed by atoms with van der Waals surface area (Å²) in [6, 6.07) is 43.3. The third-order valence-electron chi connectivity index (χ3n) is 6.27. The normalized spacial score (nSPS) is 10.7. The number of nitrogens with one attached hydrogen (secondary N) is 1. The summed E-state index contributed by atoms with van der Waals surface area (Å²) in [5.74, 6) is 0. The van der Waals surface area contributed by atoms with Gasteiger partial charge < -0.3 is 10.2 Å². The van der Waals surface area contributed by atoms with Crippen LogP contribution in [-0.2, 0) is 0 Å². The van der Waals surface area contributed by atoms with Gasteiger partial charge >= 0.3 is 0 Å². The lowest BCUT2D eigenvalue weighted by Gasteiger charge is -2.26. The van der Waals surface area contributed by atoms with Gasteiger partial charge in [-0.05, 0) is 92.6 Å². The van der Waals surface area contributed by atoms with Gasteiger partial charge in [-0.1, -0.05) is 77.4 Å². The average molecular weight is 455 g/mol. The molecule has 0 aromatic heterocycles. The Morgan fingerprint density at radius 3 is 1.06 bits per heavy atom. The summed E-state index contributed by atoms with van der Waals surface area (Å²) in [7, 11) is 0. The number of benzene rings is 5. The summed E-state index contributed by atoms with van der Waals surface area (Å²) >= 11 is 0. The van der Waals surface area contributed by atoms with Crippen LogP contribution in [0.1, 0.15) is 16.7 Å². The number of hydrogen-bond donors (Lipinski definition) is 1. The summed E-state index contributed by atoms with van der Waals surface area (Å²) in [5.41, 5.74) is 11.8. The molecule has 0 aliphatic heterocycles. The molecule has 0 bridgehead atoms. The lowest BCUT2D eigenvalue weighted by atomic mass is 10.0. The highest BCUT2D eigenvalue weighted by Gasteiger charge is 2.12. The van der Waals surface area contributed by atoms with Crippen molar-refractivity contribution < 1.29 is 0 Å². The molecular weight excluding hydrogens is 424 g/mol. The predicted molar refractivity (Wildman–Crippen MR) is 150 cm³/mol. The van der Waals surface area contributed by atoms with Crippen molar-refractivity contribution in [3.05, 3.63) is 138 Å². The van der Waals surface area contributed by atoms with E-state index in [0.29, 0.717) is 0 Å². The van der Waals surface area contributed by atoms with Crippen LogP contribution in [0.15, 0.2) is 121 Å². The third-order valence-corrected chi connectivity index (χ3v) is 6.27. The topological polar surface area (TPSA) is 15.3 Å². The average Bonchev–Trinajstić information content (AvgIpc) is 2.89. The van der Waals surface area contributed by atoms with Gasteiger partial charge in [-0.25, -0.2) is 0 Å². The predicted octanol–water partition coefficient (Wildman–Crippen LogP) is 9.49. The minimum absolute atomic E-state index is 1.08. The Bertz CT molecular complexity index is 1340. The number of aryl methyl sites for hydroxylation is 3. The lowest BCUT2D eigenvalue weighted by molar-refractivity contribution is 1.27. The SMILES string of the molecule is Cc1ccc(Nc2ccc(-c3ccc(N(c4ccc(C)cc4)c4ccc(C)cc4)cc3)cc2)cc1. The van der Waals surface area contributed by atoms with Crippen LogP contribution in [0, 0.1) is 20.8 Å². The molecule has 35 heavy (non-hydrogen) atoms. The molecule has 0 amide bonds. The molecule has 5 aromatic carbocycles. The van der Waals surface area contributed by atoms with E-state index < -0.39 is 0 Å². The third kappa shape index (κ3) is 5.28. The number of nitrogens with zero attached hydrogens (tertiary/aromatic N) is 1. The van der Waals surface area contributed by atoms with Crippen LogP contribution in [0.2, 0.25) is 0 Å². The molecule has 0 atom stereocenters. The first kappa shape index (κ1) is 22.5. The maximum atomic E-state index is 3.47. The molecule has 0 saturated carbocycles. The Hall–Kier alpha value is -4.30. The molecule has 0 aliphatic carbocycles. The van der Waals surface area contributed by atoms with Crippen LogP contribution in [0.25, 0.3) is 11.1 Å². The van der Waals surface area contributed by atoms with E-state index in [1.165, 1.54) is 27.8 Å². The van der Waals surface area contributed by atoms with Crippen molar-refractivity contribution in [2.24, 2.45) is 0 Å². The number of hydrogen-bond acceptors (Lipinski definition) is 2. The van der Waals surface area contributed by atoms with Crippen molar-refractivity contribution >= 4 is 28.4 Å². The van der Waals surface area contributed by atoms with E-state index in [1.807, 2.05) is 0 Å². The van der Waals surface area contributed by atoms with E-state index in [9.17, 15) is 0 Å². The minimum atomic E-state index is 1.08. The van der Waals surface area contributed by atoms with E-state index in [0.717, 1.165) is 28.4 Å². The fraction of sp³-hybridized carbons (Fsp3) is 0.0909. The molecule has 0 spiro atoms. The van der Waals surface area contributed by atoms with E-state index in [4.69, 9.17) is 0 Å². The highest BCUT2D eigenvalue weighted by molar-refractivity contribution is 5.78. The second-order valence-corrected chi connectivity index (χ2v) is 9.12. The molecule has 2 heteroatoms. The van der Waals surface area contributed by atoms with Gasteiger partial charge in [-0.15, -0.1) is 0 Å². The quantitative estimate of drug-likeness (QED) is 0.275. The summed E-state index contributed by atoms with van der Waals surface area (Å²) in [5, 5.41) is 3.47. The first-order chi connectivity index (χ1) is 17.0. The van der Waals surface area contributed by atoms with Gasteiger partial charge in [0.05, 0.1) is 0 Å². The standard InChI is InChI=1S/C33H30N2/c1-24-4-14-29(15-5-24)34-30-16-10-27(11-17-30)28-12-22-33(23-13-28)35(31-18-6-25(2)7-19-31)32-20-8-26(3)9-21-32/h4-23,34H,1-3H3. The Kier molecular flexibility index (Phi) is 6.36. The van der Waals surface area contributed by atoms with Crippen molar-refractivity contribution in [2.45, 2.75) is 20.8 Å². The molecule has 0 radical (unpaired) electrons. The summed E-state index contributed by atoms with van der Waals surface area (Å²) in [6.07, 6.45) is 0. The molecular formula is C33H30N2. The van der Waals surface area contributed by atoms with Gasteiger partial charge in [-0.3, -0.25) is 0 Å². The van der Waals surface area contributed by atoms with E-state index in [1.54, 1.807) is 0 Å². The fourth-order valence-corrected chi connectivity index (χ4v) is 4.19. The van der Waals surface area contributed by atoms with Crippen molar-refractivity contribution in [3.8, 4) is 11.1 Å². The maximum Gasteiger partial charge on any atom is 0.0462 e. The second kappa shape index (κ2) is 9.90. The zero-order chi connectivity index (χ0) is 24.2. The molecule has 2 nitrogen and oxygen atoms in total. The van der Waals surface area contributed by atoms with Crippen LogP contribution in [0.5, 0.6) is 0 Å². The van der Waals surface area contributed by atoms with Crippen LogP contribution >= 0.6 is 0 Å². The largest absolute Gasteiger partial charge is 0.356 e. The van der Waals surface area contributed by atoms with Crippen molar-refractivity contribution in [3.63, 3.8) is 0 Å². The summed E-state index contributed by atoms with van der Waals surface area (Å²) < 4.78 is 0. The maximum absolute atomic E-state index is 3.47. The van der Waals surface area contributed by atoms with Crippen molar-refractivity contribution in [1.82, 2.24) is 0 Å². The Morgan fingerprint density at radius 2 is 0.657 bits per heavy atom. The van der Waals surface area contributed by atoms with E-state index in [2.05, 4.69) is 152 Å². The molecule has 172 valence electrons.